The first-order valence-corrected chi connectivity index (χ1v) is 15.6. The van der Waals surface area contributed by atoms with Crippen LogP contribution in [-0.4, -0.2) is 49.2 Å². The third-order valence-electron chi connectivity index (χ3n) is 7.74. The van der Waals surface area contributed by atoms with Gasteiger partial charge in [-0.25, -0.2) is 14.1 Å². The standard InChI is InChI=1S/C31H32FN5O5S.H2/c1-20(2)18-41-24-16-22(15-23(32)17-24)27-8-7-25(30(38)36-43(39,40)28-9-12-33-35-28)29(34-27)37-13-10-31(11-14-37)26-6-4-3-5-21(26)19-42-31;/h3-9,12,15-17,20H,10-11,13-14,18-19H2,1-2H3,(H,33,35)(H,36,38);1H. The Morgan fingerprint density at radius 3 is 2.70 bits per heavy atom. The Bertz CT molecular complexity index is 1760. The number of aromatic amines is 1. The van der Waals surface area contributed by atoms with Crippen LogP contribution in [0.1, 0.15) is 49.6 Å². The number of hydrogen-bond donors (Lipinski definition) is 2. The number of pyridine rings is 1. The number of piperidine rings is 1. The number of nitrogens with zero attached hydrogens (tertiary/aromatic N) is 3. The molecule has 0 aliphatic carbocycles. The minimum absolute atomic E-state index is 0. The minimum Gasteiger partial charge on any atom is -0.493 e. The SMILES string of the molecule is CC(C)COc1cc(F)cc(-c2ccc(C(=O)NS(=O)(=O)c3ccn[nH]3)c(N3CCC4(CC3)OCc3ccccc34)n2)c1.[HH]. The molecule has 0 bridgehead atoms. The lowest BCUT2D eigenvalue weighted by Crippen LogP contribution is -2.44. The summed E-state index contributed by atoms with van der Waals surface area (Å²) in [4.78, 5) is 20.2. The van der Waals surface area contributed by atoms with Crippen molar-refractivity contribution in [1.29, 1.82) is 0 Å². The van der Waals surface area contributed by atoms with Gasteiger partial charge >= 0.3 is 0 Å². The van der Waals surface area contributed by atoms with Crippen LogP contribution in [0.25, 0.3) is 11.3 Å². The second-order valence-corrected chi connectivity index (χ2v) is 12.9. The quantitative estimate of drug-likeness (QED) is 0.286. The number of halogens is 1. The number of anilines is 1. The first-order chi connectivity index (χ1) is 20.6. The van der Waals surface area contributed by atoms with Crippen molar-refractivity contribution in [2.75, 3.05) is 24.6 Å². The molecule has 4 heterocycles. The number of H-pyrrole nitrogens is 1. The average Bonchev–Trinajstić information content (AvgIpc) is 3.66. The summed E-state index contributed by atoms with van der Waals surface area (Å²) in [5.74, 6) is -0.401. The lowest BCUT2D eigenvalue weighted by molar-refractivity contribution is -0.0551. The lowest BCUT2D eigenvalue weighted by Gasteiger charge is -2.40. The van der Waals surface area contributed by atoms with E-state index in [1.54, 1.807) is 12.1 Å². The molecule has 0 radical (unpaired) electrons. The highest BCUT2D eigenvalue weighted by Crippen LogP contribution is 2.45. The Kier molecular flexibility index (Phi) is 7.65. The molecule has 2 aromatic carbocycles. The lowest BCUT2D eigenvalue weighted by atomic mass is 9.83. The zero-order valence-corrected chi connectivity index (χ0v) is 24.7. The Hall–Kier alpha value is -4.29. The highest BCUT2D eigenvalue weighted by molar-refractivity contribution is 7.90. The summed E-state index contributed by atoms with van der Waals surface area (Å²) in [6, 6.07) is 16.9. The van der Waals surface area contributed by atoms with Crippen LogP contribution in [0.3, 0.4) is 0 Å². The van der Waals surface area contributed by atoms with Crippen molar-refractivity contribution in [3.05, 3.63) is 89.4 Å². The molecular weight excluding hydrogens is 573 g/mol. The summed E-state index contributed by atoms with van der Waals surface area (Å²) in [5.41, 5.74) is 2.87. The zero-order chi connectivity index (χ0) is 30.2. The summed E-state index contributed by atoms with van der Waals surface area (Å²) in [5, 5.41) is 5.79. The molecule has 4 aromatic rings. The number of sulfonamides is 1. The van der Waals surface area contributed by atoms with Crippen LogP contribution in [0, 0.1) is 11.7 Å². The molecule has 2 N–H and O–H groups in total. The molecule has 12 heteroatoms. The molecule has 0 saturated carbocycles. The largest absolute Gasteiger partial charge is 0.493 e. The monoisotopic (exact) mass is 607 g/mol. The maximum Gasteiger partial charge on any atom is 0.281 e. The highest BCUT2D eigenvalue weighted by Gasteiger charge is 2.43. The van der Waals surface area contributed by atoms with Crippen LogP contribution in [0.4, 0.5) is 10.2 Å². The summed E-state index contributed by atoms with van der Waals surface area (Å²) in [7, 11) is -4.20. The van der Waals surface area contributed by atoms with Gasteiger partial charge in [-0.3, -0.25) is 9.89 Å². The normalized spacial score (nSPS) is 16.0. The van der Waals surface area contributed by atoms with Crippen LogP contribution in [0.5, 0.6) is 5.75 Å². The van der Waals surface area contributed by atoms with Gasteiger partial charge in [0.05, 0.1) is 36.3 Å². The molecule has 43 heavy (non-hydrogen) atoms. The molecule has 1 saturated heterocycles. The second-order valence-electron chi connectivity index (χ2n) is 11.2. The maximum absolute atomic E-state index is 14.6. The van der Waals surface area contributed by atoms with Gasteiger partial charge in [-0.15, -0.1) is 0 Å². The Labute approximate surface area is 250 Å². The van der Waals surface area contributed by atoms with E-state index in [1.165, 1.54) is 41.6 Å². The third-order valence-corrected chi connectivity index (χ3v) is 9.01. The average molecular weight is 608 g/mol. The number of ether oxygens (including phenoxy) is 2. The number of fused-ring (bicyclic) bond motifs is 2. The van der Waals surface area contributed by atoms with Gasteiger partial charge in [0.2, 0.25) is 0 Å². The van der Waals surface area contributed by atoms with E-state index in [0.717, 1.165) is 0 Å². The van der Waals surface area contributed by atoms with Gasteiger partial charge in [0.25, 0.3) is 15.9 Å². The summed E-state index contributed by atoms with van der Waals surface area (Å²) in [6.07, 6.45) is 2.58. The maximum atomic E-state index is 14.6. The fourth-order valence-corrected chi connectivity index (χ4v) is 6.46. The molecule has 10 nitrogen and oxygen atoms in total. The van der Waals surface area contributed by atoms with Crippen molar-refractivity contribution < 1.29 is 28.5 Å². The summed E-state index contributed by atoms with van der Waals surface area (Å²) >= 11 is 0. The van der Waals surface area contributed by atoms with E-state index in [-0.39, 0.29) is 17.9 Å². The van der Waals surface area contributed by atoms with Crippen molar-refractivity contribution in [3.63, 3.8) is 0 Å². The van der Waals surface area contributed by atoms with Crippen LogP contribution < -0.4 is 14.4 Å². The number of aromatic nitrogens is 3. The molecule has 2 aromatic heterocycles. The van der Waals surface area contributed by atoms with Gasteiger partial charge in [0.1, 0.15) is 17.4 Å². The van der Waals surface area contributed by atoms with Crippen molar-refractivity contribution in [2.24, 2.45) is 5.92 Å². The number of carbonyl (C=O) groups excluding carboxylic acids is 1. The van der Waals surface area contributed by atoms with E-state index in [9.17, 15) is 17.6 Å². The van der Waals surface area contributed by atoms with Crippen LogP contribution in [0.15, 0.2) is 71.9 Å². The summed E-state index contributed by atoms with van der Waals surface area (Å²) < 4.78 is 54.5. The number of carbonyl (C=O) groups is 1. The smallest absolute Gasteiger partial charge is 0.281 e. The zero-order valence-electron chi connectivity index (χ0n) is 23.8. The van der Waals surface area contributed by atoms with E-state index in [4.69, 9.17) is 14.5 Å². The Balaban J connectivity index is 0.00000384. The van der Waals surface area contributed by atoms with Gasteiger partial charge in [-0.2, -0.15) is 13.5 Å². The topological polar surface area (TPSA) is 127 Å². The summed E-state index contributed by atoms with van der Waals surface area (Å²) in [6.45, 7) is 5.98. The molecule has 0 unspecified atom stereocenters. The van der Waals surface area contributed by atoms with Crippen LogP contribution in [0.2, 0.25) is 0 Å². The van der Waals surface area contributed by atoms with E-state index in [0.29, 0.717) is 62.0 Å². The first kappa shape index (κ1) is 28.8. The van der Waals surface area contributed by atoms with Crippen LogP contribution >= 0.6 is 0 Å². The minimum atomic E-state index is -4.20. The fraction of sp³-hybridized carbons (Fsp3) is 0.323. The predicted molar refractivity (Wildman–Crippen MR) is 160 cm³/mol. The second kappa shape index (κ2) is 11.4. The molecular formula is C31H34FN5O5S. The van der Waals surface area contributed by atoms with Crippen molar-refractivity contribution in [2.45, 2.75) is 43.9 Å². The van der Waals surface area contributed by atoms with Gasteiger partial charge in [-0.05, 0) is 60.2 Å². The van der Waals surface area contributed by atoms with Crippen molar-refractivity contribution in [3.8, 4) is 17.0 Å². The van der Waals surface area contributed by atoms with E-state index in [2.05, 4.69) is 27.1 Å². The molecule has 6 rings (SSSR count). The molecule has 1 fully saturated rings. The molecule has 2 aliphatic heterocycles. The van der Waals surface area contributed by atoms with Gasteiger partial charge in [0.15, 0.2) is 5.03 Å². The molecule has 1 spiro atoms. The highest BCUT2D eigenvalue weighted by atomic mass is 32.2. The van der Waals surface area contributed by atoms with E-state index in [1.807, 2.05) is 30.9 Å². The van der Waals surface area contributed by atoms with Gasteiger partial charge in [0, 0.05) is 26.1 Å². The van der Waals surface area contributed by atoms with Gasteiger partial charge in [-0.1, -0.05) is 38.1 Å². The van der Waals surface area contributed by atoms with E-state index < -0.39 is 27.3 Å². The molecule has 0 atom stereocenters. The number of amides is 1. The molecule has 226 valence electrons. The first-order valence-electron chi connectivity index (χ1n) is 14.1. The number of nitrogens with one attached hydrogen (secondary N) is 2. The number of rotatable bonds is 8. The fourth-order valence-electron chi connectivity index (χ4n) is 5.59. The van der Waals surface area contributed by atoms with Crippen LogP contribution in [-0.2, 0) is 27.0 Å². The Morgan fingerprint density at radius 1 is 1.16 bits per heavy atom. The number of benzene rings is 2. The predicted octanol–water partition coefficient (Wildman–Crippen LogP) is 5.04. The van der Waals surface area contributed by atoms with E-state index >= 15 is 0 Å². The number of hydrogen-bond acceptors (Lipinski definition) is 8. The molecule has 1 amide bonds. The van der Waals surface area contributed by atoms with Gasteiger partial charge < -0.3 is 14.4 Å². The van der Waals surface area contributed by atoms with Crippen molar-refractivity contribution >= 4 is 21.7 Å². The molecule has 2 aliphatic rings. The van der Waals surface area contributed by atoms with Crippen molar-refractivity contribution in [1.82, 2.24) is 19.9 Å². The third kappa shape index (κ3) is 5.84. The Morgan fingerprint density at radius 2 is 1.95 bits per heavy atom.